The summed E-state index contributed by atoms with van der Waals surface area (Å²) >= 11 is 3.25. The van der Waals surface area contributed by atoms with E-state index in [1.165, 1.54) is 12.8 Å². The third kappa shape index (κ3) is 2.97. The maximum atomic E-state index is 11.2. The Kier molecular flexibility index (Phi) is 3.66. The molecule has 5 heteroatoms. The van der Waals surface area contributed by atoms with E-state index in [1.807, 2.05) is 11.8 Å². The van der Waals surface area contributed by atoms with Crippen molar-refractivity contribution in [3.8, 4) is 0 Å². The van der Waals surface area contributed by atoms with E-state index in [4.69, 9.17) is 0 Å². The third-order valence-electron chi connectivity index (χ3n) is 2.92. The number of hydrogen-bond acceptors (Lipinski definition) is 3. The molecule has 1 heterocycles. The first-order valence-electron chi connectivity index (χ1n) is 5.75. The van der Waals surface area contributed by atoms with Gasteiger partial charge in [0.2, 0.25) is 0 Å². The highest BCUT2D eigenvalue weighted by Crippen LogP contribution is 2.32. The van der Waals surface area contributed by atoms with Crippen molar-refractivity contribution in [2.45, 2.75) is 19.8 Å². The van der Waals surface area contributed by atoms with Gasteiger partial charge in [-0.1, -0.05) is 0 Å². The second-order valence-electron chi connectivity index (χ2n) is 4.31. The van der Waals surface area contributed by atoms with Crippen LogP contribution in [0.3, 0.4) is 0 Å². The molecule has 0 radical (unpaired) electrons. The zero-order chi connectivity index (χ0) is 12.4. The molecule has 0 amide bonds. The number of aromatic carboxylic acids is 1. The summed E-state index contributed by atoms with van der Waals surface area (Å²) in [7, 11) is 0. The normalized spacial score (nSPS) is 14.7. The molecule has 4 nitrogen and oxygen atoms in total. The molecule has 1 saturated carbocycles. The quantitative estimate of drug-likeness (QED) is 0.908. The minimum Gasteiger partial charge on any atom is -0.478 e. The van der Waals surface area contributed by atoms with Crippen molar-refractivity contribution in [3.63, 3.8) is 0 Å². The van der Waals surface area contributed by atoms with Gasteiger partial charge < -0.3 is 10.0 Å². The van der Waals surface area contributed by atoms with Gasteiger partial charge >= 0.3 is 5.97 Å². The van der Waals surface area contributed by atoms with Crippen LogP contribution in [0, 0.1) is 5.92 Å². The van der Waals surface area contributed by atoms with Gasteiger partial charge in [-0.25, -0.2) is 9.78 Å². The van der Waals surface area contributed by atoms with Crippen molar-refractivity contribution in [3.05, 3.63) is 22.3 Å². The van der Waals surface area contributed by atoms with Crippen LogP contribution >= 0.6 is 15.9 Å². The number of aromatic nitrogens is 1. The molecule has 1 N–H and O–H groups in total. The van der Waals surface area contributed by atoms with E-state index in [1.54, 1.807) is 12.3 Å². The van der Waals surface area contributed by atoms with Crippen LogP contribution < -0.4 is 4.90 Å². The van der Waals surface area contributed by atoms with Crippen molar-refractivity contribution in [2.24, 2.45) is 5.92 Å². The van der Waals surface area contributed by atoms with E-state index in [0.29, 0.717) is 16.2 Å². The van der Waals surface area contributed by atoms with E-state index in [2.05, 4.69) is 20.9 Å². The summed E-state index contributed by atoms with van der Waals surface area (Å²) in [5, 5.41) is 9.20. The number of carboxylic acid groups (broad SMARTS) is 1. The van der Waals surface area contributed by atoms with Gasteiger partial charge in [-0.3, -0.25) is 0 Å². The lowest BCUT2D eigenvalue weighted by Crippen LogP contribution is -2.28. The van der Waals surface area contributed by atoms with Crippen molar-refractivity contribution >= 4 is 27.7 Å². The van der Waals surface area contributed by atoms with Crippen LogP contribution in [0.4, 0.5) is 5.82 Å². The number of halogens is 1. The minimum absolute atomic E-state index is 0.266. The number of rotatable bonds is 5. The van der Waals surface area contributed by atoms with Gasteiger partial charge in [-0.2, -0.15) is 0 Å². The number of carboxylic acids is 1. The number of nitrogens with zero attached hydrogens (tertiary/aromatic N) is 2. The topological polar surface area (TPSA) is 53.4 Å². The minimum atomic E-state index is -0.928. The average Bonchev–Trinajstić information content (AvgIpc) is 3.10. The molecular weight excluding hydrogens is 284 g/mol. The van der Waals surface area contributed by atoms with Crippen molar-refractivity contribution < 1.29 is 9.90 Å². The van der Waals surface area contributed by atoms with Gasteiger partial charge in [0, 0.05) is 23.8 Å². The standard InChI is InChI=1S/C12H15BrN2O2/c1-2-15(7-8-3-4-8)11-10(12(16)17)5-9(13)6-14-11/h5-6,8H,2-4,7H2,1H3,(H,16,17). The molecule has 17 heavy (non-hydrogen) atoms. The summed E-state index contributed by atoms with van der Waals surface area (Å²) in [6.07, 6.45) is 4.14. The molecule has 1 aromatic rings. The lowest BCUT2D eigenvalue weighted by molar-refractivity contribution is 0.0697. The molecule has 92 valence electrons. The zero-order valence-electron chi connectivity index (χ0n) is 9.69. The number of pyridine rings is 1. The molecule has 1 aliphatic rings. The van der Waals surface area contributed by atoms with Crippen LogP contribution in [0.15, 0.2) is 16.7 Å². The van der Waals surface area contributed by atoms with E-state index in [-0.39, 0.29) is 5.56 Å². The highest BCUT2D eigenvalue weighted by molar-refractivity contribution is 9.10. The summed E-state index contributed by atoms with van der Waals surface area (Å²) in [5.41, 5.74) is 0.266. The number of carbonyl (C=O) groups is 1. The summed E-state index contributed by atoms with van der Waals surface area (Å²) in [6.45, 7) is 3.72. The van der Waals surface area contributed by atoms with Gasteiger partial charge in [0.1, 0.15) is 11.4 Å². The van der Waals surface area contributed by atoms with Gasteiger partial charge in [-0.15, -0.1) is 0 Å². The summed E-state index contributed by atoms with van der Waals surface area (Å²) in [5.74, 6) is 0.361. The molecule has 1 aliphatic carbocycles. The van der Waals surface area contributed by atoms with Gasteiger partial charge in [0.25, 0.3) is 0 Å². The largest absolute Gasteiger partial charge is 0.478 e. The molecule has 2 rings (SSSR count). The van der Waals surface area contributed by atoms with Gasteiger partial charge in [-0.05, 0) is 47.7 Å². The molecule has 0 aliphatic heterocycles. The first-order valence-corrected chi connectivity index (χ1v) is 6.55. The van der Waals surface area contributed by atoms with Crippen LogP contribution in [0.25, 0.3) is 0 Å². The van der Waals surface area contributed by atoms with Gasteiger partial charge in [0.15, 0.2) is 0 Å². The van der Waals surface area contributed by atoms with Crippen LogP contribution in [0.1, 0.15) is 30.1 Å². The maximum absolute atomic E-state index is 11.2. The number of anilines is 1. The van der Waals surface area contributed by atoms with Crippen molar-refractivity contribution in [1.29, 1.82) is 0 Å². The fourth-order valence-electron chi connectivity index (χ4n) is 1.82. The fourth-order valence-corrected chi connectivity index (χ4v) is 2.15. The lowest BCUT2D eigenvalue weighted by Gasteiger charge is -2.23. The predicted octanol–water partition coefficient (Wildman–Crippen LogP) is 2.78. The Morgan fingerprint density at radius 1 is 1.65 bits per heavy atom. The second-order valence-corrected chi connectivity index (χ2v) is 5.23. The summed E-state index contributed by atoms with van der Waals surface area (Å²) in [4.78, 5) is 17.5. The third-order valence-corrected chi connectivity index (χ3v) is 3.35. The SMILES string of the molecule is CCN(CC1CC1)c1ncc(Br)cc1C(=O)O. The molecule has 0 bridgehead atoms. The van der Waals surface area contributed by atoms with E-state index < -0.39 is 5.97 Å². The average molecular weight is 299 g/mol. The zero-order valence-corrected chi connectivity index (χ0v) is 11.3. The Morgan fingerprint density at radius 2 is 2.35 bits per heavy atom. The Morgan fingerprint density at radius 3 is 2.88 bits per heavy atom. The molecule has 0 unspecified atom stereocenters. The monoisotopic (exact) mass is 298 g/mol. The highest BCUT2D eigenvalue weighted by atomic mass is 79.9. The van der Waals surface area contributed by atoms with E-state index >= 15 is 0 Å². The Hall–Kier alpha value is -1.10. The number of hydrogen-bond donors (Lipinski definition) is 1. The molecule has 0 aromatic carbocycles. The predicted molar refractivity (Wildman–Crippen MR) is 69.5 cm³/mol. The van der Waals surface area contributed by atoms with Crippen molar-refractivity contribution in [2.75, 3.05) is 18.0 Å². The smallest absolute Gasteiger partial charge is 0.339 e. The van der Waals surface area contributed by atoms with Crippen LogP contribution in [0.2, 0.25) is 0 Å². The van der Waals surface area contributed by atoms with E-state index in [9.17, 15) is 9.90 Å². The Bertz CT molecular complexity index is 433. The summed E-state index contributed by atoms with van der Waals surface area (Å²) < 4.78 is 0.695. The molecule has 1 fully saturated rings. The van der Waals surface area contributed by atoms with Crippen LogP contribution in [-0.4, -0.2) is 29.1 Å². The first kappa shape index (κ1) is 12.4. The first-order chi connectivity index (χ1) is 8.11. The second kappa shape index (κ2) is 5.04. The Labute approximate surface area is 109 Å². The molecule has 1 aromatic heterocycles. The molecule has 0 spiro atoms. The van der Waals surface area contributed by atoms with E-state index in [0.717, 1.165) is 13.1 Å². The van der Waals surface area contributed by atoms with Gasteiger partial charge in [0.05, 0.1) is 0 Å². The van der Waals surface area contributed by atoms with Crippen molar-refractivity contribution in [1.82, 2.24) is 4.98 Å². The summed E-state index contributed by atoms with van der Waals surface area (Å²) in [6, 6.07) is 1.61. The van der Waals surface area contributed by atoms with Crippen LogP contribution in [-0.2, 0) is 0 Å². The lowest BCUT2D eigenvalue weighted by atomic mass is 10.2. The maximum Gasteiger partial charge on any atom is 0.339 e. The highest BCUT2D eigenvalue weighted by Gasteiger charge is 2.26. The molecular formula is C12H15BrN2O2. The fraction of sp³-hybridized carbons (Fsp3) is 0.500. The Balaban J connectivity index is 2.30. The molecule has 0 atom stereocenters. The molecule has 0 saturated heterocycles. The van der Waals surface area contributed by atoms with Crippen LogP contribution in [0.5, 0.6) is 0 Å².